The summed E-state index contributed by atoms with van der Waals surface area (Å²) in [7, 11) is 0. The quantitative estimate of drug-likeness (QED) is 0.137. The number of benzene rings is 6. The number of hydrogen-bond acceptors (Lipinski definition) is 0. The Hall–Kier alpha value is -5.34. The van der Waals surface area contributed by atoms with Gasteiger partial charge in [0.15, 0.2) is 0 Å². The van der Waals surface area contributed by atoms with Crippen LogP contribution in [0.3, 0.4) is 0 Å². The predicted octanol–water partition coefficient (Wildman–Crippen LogP) is 14.5. The van der Waals surface area contributed by atoms with E-state index in [-0.39, 0.29) is 11.8 Å². The number of para-hydroxylation sites is 2. The Morgan fingerprint density at radius 2 is 0.714 bits per heavy atom. The largest absolute Gasteiger partial charge is 0.418 e. The number of hydrogen-bond donors (Lipinski definition) is 0. The molecule has 284 valence electrons. The Bertz CT molecular complexity index is 2370. The van der Waals surface area contributed by atoms with Crippen LogP contribution >= 0.6 is 0 Å². The molecule has 2 unspecified atom stereocenters. The summed E-state index contributed by atoms with van der Waals surface area (Å²) in [5.74, 6) is 0.466. The van der Waals surface area contributed by atoms with Crippen LogP contribution in [-0.4, -0.2) is 20.6 Å². The molecule has 0 fully saturated rings. The summed E-state index contributed by atoms with van der Waals surface area (Å²) in [6.45, 7) is 24.0. The van der Waals surface area contributed by atoms with Crippen molar-refractivity contribution in [1.29, 1.82) is 0 Å². The van der Waals surface area contributed by atoms with Crippen LogP contribution in [0.5, 0.6) is 0 Å². The van der Waals surface area contributed by atoms with E-state index in [1.54, 1.807) is 0 Å². The van der Waals surface area contributed by atoms with Crippen molar-refractivity contribution in [3.05, 3.63) is 177 Å². The Labute approximate surface area is 336 Å². The van der Waals surface area contributed by atoms with Gasteiger partial charge in [-0.1, -0.05) is 192 Å². The first kappa shape index (κ1) is 38.9. The van der Waals surface area contributed by atoms with Gasteiger partial charge in [-0.2, -0.15) is 0 Å². The summed E-state index contributed by atoms with van der Waals surface area (Å²) in [5.41, 5.74) is 25.6. The fourth-order valence-corrected chi connectivity index (χ4v) is 10.8. The fraction of sp³-hybridized carbons (Fsp3) is 0.296. The van der Waals surface area contributed by atoms with E-state index in [1.165, 1.54) is 101 Å². The third kappa shape index (κ3) is 4.50. The highest BCUT2D eigenvalue weighted by atomic mass is 15.4. The molecule has 0 N–H and O–H groups in total. The lowest BCUT2D eigenvalue weighted by atomic mass is 9.67. The highest BCUT2D eigenvalue weighted by Crippen LogP contribution is 2.68. The predicted molar refractivity (Wildman–Crippen MR) is 240 cm³/mol. The van der Waals surface area contributed by atoms with Crippen LogP contribution in [0, 0.1) is 0 Å². The molecule has 2 atom stereocenters. The minimum atomic E-state index is -0.454. The molecule has 0 radical (unpaired) electrons. The molecule has 7 aliphatic rings. The topological polar surface area (TPSA) is 6.02 Å². The third-order valence-corrected chi connectivity index (χ3v) is 12.0. The molecular weight excluding hydrogens is 677 g/mol. The summed E-state index contributed by atoms with van der Waals surface area (Å²) in [4.78, 5) is 0. The highest BCUT2D eigenvalue weighted by Gasteiger charge is 2.78. The summed E-state index contributed by atoms with van der Waals surface area (Å²) in [6, 6.07) is 46.7. The second kappa shape index (κ2) is 15.3. The van der Waals surface area contributed by atoms with Gasteiger partial charge in [0.25, 0.3) is 0 Å². The van der Waals surface area contributed by atoms with Gasteiger partial charge >= 0.3 is 5.66 Å². The van der Waals surface area contributed by atoms with Crippen LogP contribution in [0.15, 0.2) is 121 Å². The van der Waals surface area contributed by atoms with Crippen molar-refractivity contribution in [2.45, 2.75) is 107 Å². The van der Waals surface area contributed by atoms with Crippen molar-refractivity contribution in [3.8, 4) is 22.3 Å². The first-order valence-electron chi connectivity index (χ1n) is 21.9. The zero-order chi connectivity index (χ0) is 40.1. The average Bonchev–Trinajstić information content (AvgIpc) is 4.03. The maximum Gasteiger partial charge on any atom is 0.418 e. The van der Waals surface area contributed by atoms with E-state index in [0.717, 1.165) is 6.42 Å². The average molecular weight is 737 g/mol. The van der Waals surface area contributed by atoms with Crippen LogP contribution < -0.4 is 0 Å². The van der Waals surface area contributed by atoms with Crippen LogP contribution in [0.4, 0.5) is 11.4 Å². The lowest BCUT2D eigenvalue weighted by molar-refractivity contribution is -0.754. The van der Waals surface area contributed by atoms with Crippen molar-refractivity contribution in [1.82, 2.24) is 0 Å². The SMILES string of the molecule is CC.CC.CC.CC.CC.CC.c1ccc2c(c1)-c1ccc3c4c1C1=[N+](c5ccccc5C12)C41c2c(ccc4c2C2=[N+]1c1ccccc1C2c1ccccc1-4)C3. The number of nitrogens with zero attached hydrogens (tertiary/aromatic N) is 2. The van der Waals surface area contributed by atoms with E-state index in [1.807, 2.05) is 83.1 Å². The molecule has 1 spiro atoms. The van der Waals surface area contributed by atoms with Gasteiger partial charge in [0.2, 0.25) is 22.8 Å². The number of rotatable bonds is 0. The molecule has 2 nitrogen and oxygen atoms in total. The second-order valence-electron chi connectivity index (χ2n) is 13.5. The molecule has 13 rings (SSSR count). The summed E-state index contributed by atoms with van der Waals surface area (Å²) < 4.78 is 5.65. The molecule has 0 saturated heterocycles. The first-order chi connectivity index (χ1) is 27.9. The van der Waals surface area contributed by atoms with Gasteiger partial charge in [-0.05, 0) is 50.9 Å². The molecule has 0 amide bonds. The minimum Gasteiger partial charge on any atom is -0.121 e. The van der Waals surface area contributed by atoms with Gasteiger partial charge in [0.05, 0.1) is 11.1 Å². The molecule has 56 heavy (non-hydrogen) atoms. The molecule has 2 heteroatoms. The van der Waals surface area contributed by atoms with Crippen LogP contribution in [-0.2, 0) is 12.1 Å². The van der Waals surface area contributed by atoms with Crippen molar-refractivity contribution in [3.63, 3.8) is 0 Å². The van der Waals surface area contributed by atoms with E-state index in [4.69, 9.17) is 0 Å². The van der Waals surface area contributed by atoms with E-state index in [0.29, 0.717) is 0 Å². The minimum absolute atomic E-state index is 0.233. The summed E-state index contributed by atoms with van der Waals surface area (Å²) in [5, 5.41) is 0. The van der Waals surface area contributed by atoms with E-state index < -0.39 is 5.66 Å². The molecule has 6 aromatic carbocycles. The monoisotopic (exact) mass is 736 g/mol. The van der Waals surface area contributed by atoms with Crippen LogP contribution in [0.1, 0.15) is 151 Å². The first-order valence-corrected chi connectivity index (χ1v) is 21.9. The zero-order valence-electron chi connectivity index (χ0n) is 35.8. The van der Waals surface area contributed by atoms with Crippen molar-refractivity contribution >= 4 is 22.8 Å². The van der Waals surface area contributed by atoms with Gasteiger partial charge in [-0.15, -0.1) is 9.15 Å². The molecule has 6 aromatic rings. The maximum absolute atomic E-state index is 2.83. The lowest BCUT2D eigenvalue weighted by Gasteiger charge is -2.31. The standard InChI is InChI=1S/C42H24N2.6C2H6/c1-3-11-26-24(9-1)28-19-17-22-21-23-18-20-29-25-10-2-4-12-27(25)35-31-14-6-8-16-33(31)44-41(35)37(29)39(23)42(44)38(22)36(28)40-34(26)30-13-5-7-15-32(30)43(40)42;6*1-2/h1-20,34-35H,21H2;6*1-2H3/q+2;;;;;;. The van der Waals surface area contributed by atoms with Crippen LogP contribution in [0.25, 0.3) is 22.3 Å². The summed E-state index contributed by atoms with van der Waals surface area (Å²) in [6.07, 6.45) is 0.983. The molecule has 4 heterocycles. The molecular formula is C54H60N2+2. The third-order valence-electron chi connectivity index (χ3n) is 12.0. The van der Waals surface area contributed by atoms with Crippen molar-refractivity contribution in [2.24, 2.45) is 0 Å². The normalized spacial score (nSPS) is 18.9. The Balaban J connectivity index is 0.000000370. The van der Waals surface area contributed by atoms with Crippen LogP contribution in [0.2, 0.25) is 0 Å². The van der Waals surface area contributed by atoms with Gasteiger partial charge in [0.1, 0.15) is 23.0 Å². The maximum atomic E-state index is 2.83. The van der Waals surface area contributed by atoms with Gasteiger partial charge in [-0.3, -0.25) is 0 Å². The molecule has 0 bridgehead atoms. The Morgan fingerprint density at radius 3 is 1.11 bits per heavy atom. The van der Waals surface area contributed by atoms with Crippen molar-refractivity contribution < 1.29 is 9.15 Å². The van der Waals surface area contributed by atoms with Gasteiger partial charge in [0, 0.05) is 23.3 Å². The zero-order valence-corrected chi connectivity index (χ0v) is 35.8. The Morgan fingerprint density at radius 1 is 0.375 bits per heavy atom. The molecule has 0 aromatic heterocycles. The number of fused-ring (bicyclic) bond motifs is 12. The van der Waals surface area contributed by atoms with Crippen molar-refractivity contribution in [2.75, 3.05) is 0 Å². The second-order valence-corrected chi connectivity index (χ2v) is 13.5. The molecule has 0 saturated carbocycles. The summed E-state index contributed by atoms with van der Waals surface area (Å²) >= 11 is 0. The molecule has 3 aliphatic carbocycles. The van der Waals surface area contributed by atoms with Gasteiger partial charge in [-0.25, -0.2) is 0 Å². The fourth-order valence-electron chi connectivity index (χ4n) is 10.8. The smallest absolute Gasteiger partial charge is 0.121 e. The Kier molecular flexibility index (Phi) is 10.6. The highest BCUT2D eigenvalue weighted by molar-refractivity contribution is 6.21. The van der Waals surface area contributed by atoms with E-state index in [9.17, 15) is 0 Å². The molecule has 4 aliphatic heterocycles. The van der Waals surface area contributed by atoms with E-state index in [2.05, 4.69) is 130 Å². The van der Waals surface area contributed by atoms with Gasteiger partial charge < -0.3 is 0 Å². The van der Waals surface area contributed by atoms with E-state index >= 15 is 0 Å². The lowest BCUT2D eigenvalue weighted by Crippen LogP contribution is -2.45.